The molecule has 0 fully saturated rings. The Bertz CT molecular complexity index is 1060. The third-order valence-electron chi connectivity index (χ3n) is 5.61. The van der Waals surface area contributed by atoms with Crippen LogP contribution in [0.4, 0.5) is 5.69 Å². The van der Waals surface area contributed by atoms with Crippen LogP contribution in [0.25, 0.3) is 10.9 Å². The molecule has 0 bridgehead atoms. The first-order chi connectivity index (χ1) is 15.0. The monoisotopic (exact) mass is 420 g/mol. The maximum Gasteiger partial charge on any atom is 0.258 e. The minimum absolute atomic E-state index is 0.0736. The van der Waals surface area contributed by atoms with Crippen molar-refractivity contribution in [3.05, 3.63) is 70.3 Å². The summed E-state index contributed by atoms with van der Waals surface area (Å²) >= 11 is 0. The number of H-pyrrole nitrogens is 1. The van der Waals surface area contributed by atoms with Crippen LogP contribution >= 0.6 is 0 Å². The summed E-state index contributed by atoms with van der Waals surface area (Å²) in [7, 11) is 0. The number of nitrogens with zero attached hydrogens (tertiary/aromatic N) is 2. The predicted molar refractivity (Wildman–Crippen MR) is 126 cm³/mol. The van der Waals surface area contributed by atoms with Gasteiger partial charge in [-0.05, 0) is 55.1 Å². The van der Waals surface area contributed by atoms with E-state index in [4.69, 9.17) is 0 Å². The van der Waals surface area contributed by atoms with Crippen LogP contribution in [0.3, 0.4) is 0 Å². The summed E-state index contributed by atoms with van der Waals surface area (Å²) in [6.07, 6.45) is 3.08. The van der Waals surface area contributed by atoms with Gasteiger partial charge in [0.2, 0.25) is 5.91 Å². The SMILES string of the molecule is CCCCN(CC(=O)Nc1ccc([C@H](C)CC)cc1)Cc1nc2ccccc2c(=O)[nH]1. The summed E-state index contributed by atoms with van der Waals surface area (Å²) in [6, 6.07) is 15.3. The Morgan fingerprint density at radius 1 is 1.13 bits per heavy atom. The number of anilines is 1. The second kappa shape index (κ2) is 10.9. The highest BCUT2D eigenvalue weighted by atomic mass is 16.2. The van der Waals surface area contributed by atoms with Crippen LogP contribution in [0.5, 0.6) is 0 Å². The number of nitrogens with one attached hydrogen (secondary N) is 2. The summed E-state index contributed by atoms with van der Waals surface area (Å²) in [4.78, 5) is 34.5. The predicted octanol–water partition coefficient (Wildman–Crippen LogP) is 4.68. The quantitative estimate of drug-likeness (QED) is 0.499. The first-order valence-electron chi connectivity index (χ1n) is 11.1. The molecule has 1 atom stereocenters. The molecule has 0 saturated heterocycles. The molecule has 1 aromatic heterocycles. The first-order valence-corrected chi connectivity index (χ1v) is 11.1. The fourth-order valence-corrected chi connectivity index (χ4v) is 3.55. The Morgan fingerprint density at radius 3 is 2.58 bits per heavy atom. The number of rotatable bonds is 10. The lowest BCUT2D eigenvalue weighted by Crippen LogP contribution is -2.34. The van der Waals surface area contributed by atoms with Gasteiger partial charge in [0.05, 0.1) is 24.0 Å². The number of hydrogen-bond donors (Lipinski definition) is 2. The number of hydrogen-bond acceptors (Lipinski definition) is 4. The molecule has 2 aromatic carbocycles. The van der Waals surface area contributed by atoms with E-state index < -0.39 is 0 Å². The highest BCUT2D eigenvalue weighted by Gasteiger charge is 2.14. The summed E-state index contributed by atoms with van der Waals surface area (Å²) in [5.74, 6) is 1.01. The van der Waals surface area contributed by atoms with E-state index in [0.29, 0.717) is 29.2 Å². The molecular formula is C25H32N4O2. The molecule has 2 N–H and O–H groups in total. The molecule has 164 valence electrons. The van der Waals surface area contributed by atoms with Crippen LogP contribution < -0.4 is 10.9 Å². The number of carbonyl (C=O) groups excluding carboxylic acids is 1. The Morgan fingerprint density at radius 2 is 1.87 bits per heavy atom. The van der Waals surface area contributed by atoms with Crippen LogP contribution in [0.1, 0.15) is 57.3 Å². The number of aromatic nitrogens is 2. The van der Waals surface area contributed by atoms with Crippen molar-refractivity contribution in [1.29, 1.82) is 0 Å². The molecule has 31 heavy (non-hydrogen) atoms. The van der Waals surface area contributed by atoms with Crippen molar-refractivity contribution in [3.8, 4) is 0 Å². The maximum atomic E-state index is 12.7. The number of unbranched alkanes of at least 4 members (excludes halogenated alkanes) is 1. The van der Waals surface area contributed by atoms with Crippen molar-refractivity contribution in [1.82, 2.24) is 14.9 Å². The minimum atomic E-state index is -0.151. The molecule has 0 unspecified atom stereocenters. The van der Waals surface area contributed by atoms with Gasteiger partial charge in [0, 0.05) is 5.69 Å². The van der Waals surface area contributed by atoms with Gasteiger partial charge in [0.25, 0.3) is 5.56 Å². The first kappa shape index (κ1) is 22.7. The van der Waals surface area contributed by atoms with Gasteiger partial charge >= 0.3 is 0 Å². The zero-order chi connectivity index (χ0) is 22.2. The zero-order valence-corrected chi connectivity index (χ0v) is 18.6. The molecule has 3 rings (SSSR count). The minimum Gasteiger partial charge on any atom is -0.325 e. The molecule has 0 aliphatic carbocycles. The zero-order valence-electron chi connectivity index (χ0n) is 18.6. The number of fused-ring (bicyclic) bond motifs is 1. The number of benzene rings is 2. The van der Waals surface area contributed by atoms with E-state index in [9.17, 15) is 9.59 Å². The van der Waals surface area contributed by atoms with Crippen molar-refractivity contribution < 1.29 is 4.79 Å². The lowest BCUT2D eigenvalue weighted by atomic mass is 9.99. The van der Waals surface area contributed by atoms with Crippen LogP contribution in [-0.2, 0) is 11.3 Å². The lowest BCUT2D eigenvalue weighted by Gasteiger charge is -2.21. The normalized spacial score (nSPS) is 12.3. The molecular weight excluding hydrogens is 388 g/mol. The molecule has 0 radical (unpaired) electrons. The smallest absolute Gasteiger partial charge is 0.258 e. The van der Waals surface area contributed by atoms with Crippen LogP contribution in [0.2, 0.25) is 0 Å². The molecule has 0 aliphatic heterocycles. The van der Waals surface area contributed by atoms with Crippen molar-refractivity contribution in [2.75, 3.05) is 18.4 Å². The Hall–Kier alpha value is -2.99. The van der Waals surface area contributed by atoms with E-state index in [1.165, 1.54) is 5.56 Å². The van der Waals surface area contributed by atoms with Gasteiger partial charge in [-0.3, -0.25) is 14.5 Å². The van der Waals surface area contributed by atoms with Crippen LogP contribution in [0.15, 0.2) is 53.3 Å². The molecule has 1 heterocycles. The third-order valence-corrected chi connectivity index (χ3v) is 5.61. The van der Waals surface area contributed by atoms with Gasteiger partial charge in [0.15, 0.2) is 0 Å². The maximum absolute atomic E-state index is 12.7. The van der Waals surface area contributed by atoms with E-state index in [1.807, 2.05) is 35.2 Å². The second-order valence-electron chi connectivity index (χ2n) is 8.07. The number of aromatic amines is 1. The standard InChI is InChI=1S/C25H32N4O2/c1-4-6-15-29(16-23-27-22-10-8-7-9-21(22)25(31)28-23)17-24(30)26-20-13-11-19(12-14-20)18(3)5-2/h7-14,18H,4-6,15-17H2,1-3H3,(H,26,30)(H,27,28,31)/t18-/m1/s1. The largest absolute Gasteiger partial charge is 0.325 e. The Kier molecular flexibility index (Phi) is 7.95. The van der Waals surface area contributed by atoms with Gasteiger partial charge in [0.1, 0.15) is 5.82 Å². The van der Waals surface area contributed by atoms with Gasteiger partial charge in [-0.2, -0.15) is 0 Å². The van der Waals surface area contributed by atoms with Crippen molar-refractivity contribution in [2.45, 2.75) is 52.5 Å². The van der Waals surface area contributed by atoms with Crippen molar-refractivity contribution in [2.24, 2.45) is 0 Å². The number of para-hydroxylation sites is 1. The third kappa shape index (κ3) is 6.25. The Balaban J connectivity index is 1.68. The van der Waals surface area contributed by atoms with Gasteiger partial charge in [-0.15, -0.1) is 0 Å². The summed E-state index contributed by atoms with van der Waals surface area (Å²) in [5.41, 5.74) is 2.59. The lowest BCUT2D eigenvalue weighted by molar-refractivity contribution is -0.117. The highest BCUT2D eigenvalue weighted by Crippen LogP contribution is 2.20. The molecule has 0 aliphatic rings. The van der Waals surface area contributed by atoms with E-state index in [1.54, 1.807) is 6.07 Å². The van der Waals surface area contributed by atoms with Crippen molar-refractivity contribution in [3.63, 3.8) is 0 Å². The molecule has 0 saturated carbocycles. The van der Waals surface area contributed by atoms with Crippen molar-refractivity contribution >= 4 is 22.5 Å². The molecule has 6 heteroatoms. The van der Waals surface area contributed by atoms with E-state index in [2.05, 4.69) is 48.2 Å². The number of carbonyl (C=O) groups is 1. The van der Waals surface area contributed by atoms with E-state index in [0.717, 1.165) is 31.5 Å². The molecule has 0 spiro atoms. The van der Waals surface area contributed by atoms with Gasteiger partial charge in [-0.25, -0.2) is 4.98 Å². The summed E-state index contributed by atoms with van der Waals surface area (Å²) < 4.78 is 0. The molecule has 1 amide bonds. The van der Waals surface area contributed by atoms with Crippen LogP contribution in [0, 0.1) is 0 Å². The van der Waals surface area contributed by atoms with E-state index in [-0.39, 0.29) is 18.0 Å². The average Bonchev–Trinajstić information content (AvgIpc) is 2.77. The highest BCUT2D eigenvalue weighted by molar-refractivity contribution is 5.92. The second-order valence-corrected chi connectivity index (χ2v) is 8.07. The topological polar surface area (TPSA) is 78.1 Å². The molecule has 3 aromatic rings. The van der Waals surface area contributed by atoms with Gasteiger partial charge < -0.3 is 10.3 Å². The molecule has 6 nitrogen and oxygen atoms in total. The van der Waals surface area contributed by atoms with Gasteiger partial charge in [-0.1, -0.05) is 51.5 Å². The summed E-state index contributed by atoms with van der Waals surface area (Å²) in [5, 5.41) is 3.56. The van der Waals surface area contributed by atoms with Crippen LogP contribution in [-0.4, -0.2) is 33.9 Å². The average molecular weight is 421 g/mol. The Labute approximate surface area is 183 Å². The number of amides is 1. The fourth-order valence-electron chi connectivity index (χ4n) is 3.55. The van der Waals surface area contributed by atoms with E-state index >= 15 is 0 Å². The summed E-state index contributed by atoms with van der Waals surface area (Å²) in [6.45, 7) is 7.90. The fraction of sp³-hybridized carbons (Fsp3) is 0.400.